The number of carbonyl (C=O) groups excluding carboxylic acids is 1. The number of hydrogen-bond acceptors (Lipinski definition) is 6. The van der Waals surface area contributed by atoms with Crippen LogP contribution in [0.3, 0.4) is 0 Å². The number of nitrogens with one attached hydrogen (secondary N) is 1. The molecule has 1 unspecified atom stereocenters. The number of esters is 1. The monoisotopic (exact) mass is 188 g/mol. The Balaban J connectivity index is 2.23. The molecule has 2 N–H and O–H groups in total. The second-order valence-corrected chi connectivity index (χ2v) is 2.39. The molecule has 0 bridgehead atoms. The maximum absolute atomic E-state index is 10.8. The van der Waals surface area contributed by atoms with E-state index in [4.69, 9.17) is 9.84 Å². The highest BCUT2D eigenvalue weighted by molar-refractivity contribution is 5.80. The summed E-state index contributed by atoms with van der Waals surface area (Å²) >= 11 is 0. The summed E-state index contributed by atoms with van der Waals surface area (Å²) in [5.41, 5.74) is 2.21. The Morgan fingerprint density at radius 1 is 1.92 bits per heavy atom. The lowest BCUT2D eigenvalue weighted by molar-refractivity contribution is -0.154. The first kappa shape index (κ1) is 9.79. The van der Waals surface area contributed by atoms with Gasteiger partial charge in [-0.1, -0.05) is 0 Å². The molecule has 0 aromatic carbocycles. The van der Waals surface area contributed by atoms with Gasteiger partial charge in [-0.15, -0.1) is 5.10 Å². The average molecular weight is 188 g/mol. The van der Waals surface area contributed by atoms with E-state index in [0.717, 1.165) is 6.42 Å². The number of aliphatic hydroxyl groups is 1. The highest BCUT2D eigenvalue weighted by Crippen LogP contribution is 2.01. The van der Waals surface area contributed by atoms with Crippen molar-refractivity contribution in [1.82, 2.24) is 5.43 Å². The van der Waals surface area contributed by atoms with Crippen LogP contribution in [0, 0.1) is 0 Å². The minimum atomic E-state index is -1.42. The van der Waals surface area contributed by atoms with Crippen LogP contribution in [0.15, 0.2) is 5.10 Å². The Labute approximate surface area is 75.5 Å². The first-order valence-electron chi connectivity index (χ1n) is 4.03. The predicted molar refractivity (Wildman–Crippen MR) is 43.8 cm³/mol. The molecule has 6 heteroatoms. The molecule has 1 rings (SSSR count). The molecule has 13 heavy (non-hydrogen) atoms. The number of rotatable bonds is 4. The Hall–Kier alpha value is -1.30. The van der Waals surface area contributed by atoms with Gasteiger partial charge in [0.1, 0.15) is 0 Å². The van der Waals surface area contributed by atoms with Gasteiger partial charge < -0.3 is 14.6 Å². The Morgan fingerprint density at radius 2 is 2.62 bits per heavy atom. The molecule has 1 aliphatic rings. The van der Waals surface area contributed by atoms with E-state index in [1.165, 1.54) is 0 Å². The molecule has 1 aliphatic heterocycles. The van der Waals surface area contributed by atoms with Gasteiger partial charge >= 0.3 is 5.97 Å². The van der Waals surface area contributed by atoms with Crippen molar-refractivity contribution < 1.29 is 19.4 Å². The van der Waals surface area contributed by atoms with Crippen molar-refractivity contribution in [1.29, 1.82) is 0 Å². The lowest BCUT2D eigenvalue weighted by Crippen LogP contribution is -2.36. The third-order valence-corrected chi connectivity index (χ3v) is 1.41. The summed E-state index contributed by atoms with van der Waals surface area (Å²) in [6.45, 7) is 2.52. The van der Waals surface area contributed by atoms with Crippen molar-refractivity contribution in [3.8, 4) is 0 Å². The molecule has 1 atom stereocenters. The summed E-state index contributed by atoms with van der Waals surface area (Å²) < 4.78 is 9.37. The van der Waals surface area contributed by atoms with Crippen molar-refractivity contribution in [2.24, 2.45) is 5.10 Å². The van der Waals surface area contributed by atoms with Crippen LogP contribution >= 0.6 is 0 Å². The standard InChI is InChI=1S/C7H12N2O4/c1-2-12-7(11)6(10)9-8-5-3-4-13-5/h6,9-10H,2-4H2,1H3/b8-5-. The highest BCUT2D eigenvalue weighted by Gasteiger charge is 2.17. The lowest BCUT2D eigenvalue weighted by atomic mass is 10.4. The van der Waals surface area contributed by atoms with Crippen LogP contribution in [-0.2, 0) is 14.3 Å². The van der Waals surface area contributed by atoms with E-state index >= 15 is 0 Å². The van der Waals surface area contributed by atoms with Gasteiger partial charge in [-0.3, -0.25) is 5.43 Å². The first-order chi connectivity index (χ1) is 6.24. The summed E-state index contributed by atoms with van der Waals surface area (Å²) in [4.78, 5) is 10.8. The normalized spacial score (nSPS) is 20.0. The van der Waals surface area contributed by atoms with Crippen LogP contribution in [0.25, 0.3) is 0 Å². The summed E-state index contributed by atoms with van der Waals surface area (Å²) in [6.07, 6.45) is -0.695. The maximum Gasteiger partial charge on any atom is 0.357 e. The van der Waals surface area contributed by atoms with Crippen molar-refractivity contribution in [3.05, 3.63) is 0 Å². The zero-order valence-corrected chi connectivity index (χ0v) is 7.32. The molecular formula is C7H12N2O4. The number of carbonyl (C=O) groups is 1. The Morgan fingerprint density at radius 3 is 3.08 bits per heavy atom. The second kappa shape index (κ2) is 4.66. The van der Waals surface area contributed by atoms with Gasteiger partial charge in [0.25, 0.3) is 0 Å². The highest BCUT2D eigenvalue weighted by atomic mass is 16.5. The van der Waals surface area contributed by atoms with E-state index in [-0.39, 0.29) is 6.61 Å². The van der Waals surface area contributed by atoms with Crippen molar-refractivity contribution in [2.45, 2.75) is 19.6 Å². The molecule has 6 nitrogen and oxygen atoms in total. The largest absolute Gasteiger partial charge is 0.479 e. The van der Waals surface area contributed by atoms with Gasteiger partial charge in [-0.05, 0) is 6.92 Å². The quantitative estimate of drug-likeness (QED) is 0.342. The van der Waals surface area contributed by atoms with Crippen molar-refractivity contribution >= 4 is 11.9 Å². The smallest absolute Gasteiger partial charge is 0.357 e. The molecule has 1 heterocycles. The van der Waals surface area contributed by atoms with E-state index < -0.39 is 12.2 Å². The van der Waals surface area contributed by atoms with E-state index in [1.807, 2.05) is 0 Å². The summed E-state index contributed by atoms with van der Waals surface area (Å²) in [5, 5.41) is 12.7. The Bertz CT molecular complexity index is 211. The number of nitrogens with zero attached hydrogens (tertiary/aromatic N) is 1. The fraction of sp³-hybridized carbons (Fsp3) is 0.714. The van der Waals surface area contributed by atoms with Gasteiger partial charge in [0.05, 0.1) is 19.6 Å². The fourth-order valence-electron chi connectivity index (χ4n) is 0.689. The van der Waals surface area contributed by atoms with E-state index in [1.54, 1.807) is 6.92 Å². The van der Waals surface area contributed by atoms with Gasteiger partial charge in [-0.2, -0.15) is 0 Å². The molecule has 0 aromatic heterocycles. The minimum Gasteiger partial charge on any atom is -0.479 e. The molecule has 0 spiro atoms. The van der Waals surface area contributed by atoms with Gasteiger partial charge in [-0.25, -0.2) is 4.79 Å². The summed E-state index contributed by atoms with van der Waals surface area (Å²) in [6, 6.07) is 0. The zero-order valence-electron chi connectivity index (χ0n) is 7.32. The van der Waals surface area contributed by atoms with Crippen LogP contribution in [0.4, 0.5) is 0 Å². The molecule has 0 saturated carbocycles. The third-order valence-electron chi connectivity index (χ3n) is 1.41. The van der Waals surface area contributed by atoms with Crippen molar-refractivity contribution in [2.75, 3.05) is 13.2 Å². The molecule has 1 saturated heterocycles. The number of ether oxygens (including phenoxy) is 2. The molecular weight excluding hydrogens is 176 g/mol. The summed E-state index contributed by atoms with van der Waals surface area (Å²) in [7, 11) is 0. The molecule has 0 amide bonds. The number of hydrazone groups is 1. The average Bonchev–Trinajstić information content (AvgIpc) is 2.01. The number of hydrogen-bond donors (Lipinski definition) is 2. The molecule has 0 radical (unpaired) electrons. The topological polar surface area (TPSA) is 80.2 Å². The van der Waals surface area contributed by atoms with Gasteiger partial charge in [0.2, 0.25) is 12.1 Å². The first-order valence-corrected chi connectivity index (χ1v) is 4.03. The summed E-state index contributed by atoms with van der Waals surface area (Å²) in [5.74, 6) is -0.255. The van der Waals surface area contributed by atoms with E-state index in [2.05, 4.69) is 15.3 Å². The van der Waals surface area contributed by atoms with Crippen molar-refractivity contribution in [3.63, 3.8) is 0 Å². The zero-order chi connectivity index (χ0) is 9.68. The van der Waals surface area contributed by atoms with Crippen LogP contribution < -0.4 is 5.43 Å². The lowest BCUT2D eigenvalue weighted by Gasteiger charge is -2.17. The predicted octanol–water partition coefficient (Wildman–Crippen LogP) is -0.809. The van der Waals surface area contributed by atoms with E-state index in [9.17, 15) is 4.79 Å². The number of aliphatic hydroxyl groups excluding tert-OH is 1. The third kappa shape index (κ3) is 2.90. The minimum absolute atomic E-state index is 0.227. The van der Waals surface area contributed by atoms with Crippen LogP contribution in [0.2, 0.25) is 0 Å². The van der Waals surface area contributed by atoms with E-state index in [0.29, 0.717) is 12.5 Å². The van der Waals surface area contributed by atoms with Gasteiger partial charge in [0.15, 0.2) is 0 Å². The maximum atomic E-state index is 10.8. The molecule has 0 aliphatic carbocycles. The van der Waals surface area contributed by atoms with Crippen LogP contribution in [0.1, 0.15) is 13.3 Å². The Kier molecular flexibility index (Phi) is 3.51. The van der Waals surface area contributed by atoms with Gasteiger partial charge in [0, 0.05) is 0 Å². The molecule has 0 aromatic rings. The fourth-order valence-corrected chi connectivity index (χ4v) is 0.689. The molecule has 1 fully saturated rings. The van der Waals surface area contributed by atoms with Crippen LogP contribution in [-0.4, -0.2) is 36.4 Å². The van der Waals surface area contributed by atoms with Crippen LogP contribution in [0.5, 0.6) is 0 Å². The SMILES string of the molecule is CCOC(=O)C(O)N/N=C1/CCO1. The molecule has 74 valence electrons. The second-order valence-electron chi connectivity index (χ2n) is 2.39.